The molecular weight excluding hydrogens is 717 g/mol. The summed E-state index contributed by atoms with van der Waals surface area (Å²) in [4.78, 5) is 14.8. The number of fused-ring (bicyclic) bond motifs is 9. The van der Waals surface area contributed by atoms with E-state index in [4.69, 9.17) is 19.4 Å². The van der Waals surface area contributed by atoms with Gasteiger partial charge in [-0.1, -0.05) is 127 Å². The molecule has 57 heavy (non-hydrogen) atoms. The maximum absolute atomic E-state index is 6.39. The Labute approximate surface area is 330 Å². The van der Waals surface area contributed by atoms with Crippen molar-refractivity contribution in [1.82, 2.24) is 19.5 Å². The van der Waals surface area contributed by atoms with Gasteiger partial charge in [0.1, 0.15) is 11.2 Å². The first kappa shape index (κ1) is 31.9. The number of aromatic nitrogens is 4. The third kappa shape index (κ3) is 5.12. The van der Waals surface area contributed by atoms with Crippen LogP contribution < -0.4 is 0 Å². The summed E-state index contributed by atoms with van der Waals surface area (Å²) in [7, 11) is 0. The van der Waals surface area contributed by atoms with E-state index in [2.05, 4.69) is 114 Å². The Balaban J connectivity index is 0.976. The van der Waals surface area contributed by atoms with E-state index in [0.29, 0.717) is 17.5 Å². The Kier molecular flexibility index (Phi) is 7.03. The van der Waals surface area contributed by atoms with Crippen molar-refractivity contribution in [2.75, 3.05) is 0 Å². The SMILES string of the molecule is c1ccc(-c2nc(-c3ccccc3)nc(-c3ccc4oc5ccc(-c6ccc7c(c6)sc6c(-n8c9ccccc9c9ccccc98)cccc67)cc5c4c3)n2)cc1. The van der Waals surface area contributed by atoms with Gasteiger partial charge in [0.15, 0.2) is 17.5 Å². The highest BCUT2D eigenvalue weighted by atomic mass is 32.1. The van der Waals surface area contributed by atoms with Crippen LogP contribution in [0.4, 0.5) is 0 Å². The predicted octanol–water partition coefficient (Wildman–Crippen LogP) is 13.9. The van der Waals surface area contributed by atoms with Crippen LogP contribution in [-0.2, 0) is 0 Å². The van der Waals surface area contributed by atoms with Crippen molar-refractivity contribution in [3.8, 4) is 51.0 Å². The van der Waals surface area contributed by atoms with Crippen molar-refractivity contribution in [3.63, 3.8) is 0 Å². The summed E-state index contributed by atoms with van der Waals surface area (Å²) in [5.41, 5.74) is 10.4. The minimum Gasteiger partial charge on any atom is -0.456 e. The normalized spacial score (nSPS) is 11.9. The number of benzene rings is 8. The number of thiophene rings is 1. The summed E-state index contributed by atoms with van der Waals surface area (Å²) in [6.07, 6.45) is 0. The molecule has 6 heteroatoms. The molecule has 0 aliphatic heterocycles. The van der Waals surface area contributed by atoms with Gasteiger partial charge in [-0.25, -0.2) is 15.0 Å². The summed E-state index contributed by atoms with van der Waals surface area (Å²) in [6.45, 7) is 0. The van der Waals surface area contributed by atoms with Crippen LogP contribution in [0.3, 0.4) is 0 Å². The fraction of sp³-hybridized carbons (Fsp3) is 0. The van der Waals surface area contributed by atoms with E-state index in [9.17, 15) is 0 Å². The van der Waals surface area contributed by atoms with Crippen molar-refractivity contribution in [3.05, 3.63) is 182 Å². The second-order valence-electron chi connectivity index (χ2n) is 14.4. The van der Waals surface area contributed by atoms with E-state index in [0.717, 1.165) is 49.8 Å². The predicted molar refractivity (Wildman–Crippen MR) is 236 cm³/mol. The molecule has 12 rings (SSSR count). The fourth-order valence-corrected chi connectivity index (χ4v) is 9.60. The largest absolute Gasteiger partial charge is 0.456 e. The van der Waals surface area contributed by atoms with Crippen LogP contribution in [0.5, 0.6) is 0 Å². The van der Waals surface area contributed by atoms with Gasteiger partial charge in [0.05, 0.1) is 21.4 Å². The topological polar surface area (TPSA) is 56.7 Å². The van der Waals surface area contributed by atoms with E-state index in [1.165, 1.54) is 47.7 Å². The first-order valence-corrected chi connectivity index (χ1v) is 19.8. The number of furan rings is 1. The number of rotatable bonds is 5. The van der Waals surface area contributed by atoms with E-state index < -0.39 is 0 Å². The molecule has 4 aromatic heterocycles. The molecule has 0 radical (unpaired) electrons. The molecule has 0 spiro atoms. The quantitative estimate of drug-likeness (QED) is 0.176. The molecule has 0 fully saturated rings. The third-order valence-corrected chi connectivity index (χ3v) is 12.3. The van der Waals surface area contributed by atoms with Gasteiger partial charge in [-0.15, -0.1) is 11.3 Å². The third-order valence-electron chi connectivity index (χ3n) is 11.1. The molecule has 266 valence electrons. The smallest absolute Gasteiger partial charge is 0.164 e. The minimum atomic E-state index is 0.616. The van der Waals surface area contributed by atoms with Crippen molar-refractivity contribution in [2.24, 2.45) is 0 Å². The lowest BCUT2D eigenvalue weighted by atomic mass is 10.0. The Hall–Kier alpha value is -7.41. The van der Waals surface area contributed by atoms with E-state index in [-0.39, 0.29) is 0 Å². The van der Waals surface area contributed by atoms with Crippen molar-refractivity contribution in [2.45, 2.75) is 0 Å². The molecule has 0 saturated heterocycles. The van der Waals surface area contributed by atoms with Gasteiger partial charge in [-0.2, -0.15) is 0 Å². The zero-order valence-corrected chi connectivity index (χ0v) is 31.2. The molecular formula is C51H30N4OS. The lowest BCUT2D eigenvalue weighted by molar-refractivity contribution is 0.669. The highest BCUT2D eigenvalue weighted by molar-refractivity contribution is 7.26. The number of nitrogens with zero attached hydrogens (tertiary/aromatic N) is 4. The average molecular weight is 747 g/mol. The second-order valence-corrected chi connectivity index (χ2v) is 15.5. The van der Waals surface area contributed by atoms with Crippen LogP contribution in [0.25, 0.3) is 115 Å². The molecule has 0 saturated carbocycles. The maximum Gasteiger partial charge on any atom is 0.164 e. The van der Waals surface area contributed by atoms with Gasteiger partial charge in [0.2, 0.25) is 0 Å². The standard InChI is InChI=1S/C51H30N4OS/c1-3-12-31(13-4-1)49-52-50(32-14-5-2-6-15-32)54-51(53-49)35-24-27-46-41(29-35)40-28-33(23-26-45(40)56-46)34-22-25-38-39-18-11-21-44(48(39)57-47(38)30-34)55-42-19-9-7-16-36(42)37-17-8-10-20-43(37)55/h1-30H. The molecule has 0 aliphatic carbocycles. The van der Waals surface area contributed by atoms with Crippen LogP contribution in [-0.4, -0.2) is 19.5 Å². The molecule has 0 unspecified atom stereocenters. The second kappa shape index (κ2) is 12.6. The first-order chi connectivity index (χ1) is 28.2. The molecule has 4 heterocycles. The Bertz CT molecular complexity index is 3420. The summed E-state index contributed by atoms with van der Waals surface area (Å²) in [5.74, 6) is 1.89. The highest BCUT2D eigenvalue weighted by Gasteiger charge is 2.18. The Morgan fingerprint density at radius 1 is 0.368 bits per heavy atom. The summed E-state index contributed by atoms with van der Waals surface area (Å²) < 4.78 is 11.4. The lowest BCUT2D eigenvalue weighted by Gasteiger charge is -2.09. The van der Waals surface area contributed by atoms with Crippen LogP contribution in [0.15, 0.2) is 186 Å². The number of para-hydroxylation sites is 2. The molecule has 0 N–H and O–H groups in total. The summed E-state index contributed by atoms with van der Waals surface area (Å²) >= 11 is 1.86. The Morgan fingerprint density at radius 2 is 0.877 bits per heavy atom. The summed E-state index contributed by atoms with van der Waals surface area (Å²) in [5, 5.41) is 7.15. The van der Waals surface area contributed by atoms with Crippen LogP contribution >= 0.6 is 11.3 Å². The molecule has 0 bridgehead atoms. The molecule has 0 amide bonds. The molecule has 5 nitrogen and oxygen atoms in total. The molecule has 0 aliphatic rings. The van der Waals surface area contributed by atoms with Crippen molar-refractivity contribution >= 4 is 75.3 Å². The maximum atomic E-state index is 6.39. The molecule has 12 aromatic rings. The zero-order chi connectivity index (χ0) is 37.5. The lowest BCUT2D eigenvalue weighted by Crippen LogP contribution is -2.00. The van der Waals surface area contributed by atoms with Crippen molar-refractivity contribution < 1.29 is 4.42 Å². The van der Waals surface area contributed by atoms with Gasteiger partial charge < -0.3 is 8.98 Å². The average Bonchev–Trinajstić information content (AvgIpc) is 3.95. The summed E-state index contributed by atoms with van der Waals surface area (Å²) in [6, 6.07) is 63.8. The monoisotopic (exact) mass is 746 g/mol. The van der Waals surface area contributed by atoms with Gasteiger partial charge in [-0.05, 0) is 65.7 Å². The number of hydrogen-bond acceptors (Lipinski definition) is 5. The zero-order valence-electron chi connectivity index (χ0n) is 30.4. The van der Waals surface area contributed by atoms with Crippen LogP contribution in [0.2, 0.25) is 0 Å². The molecule has 8 aromatic carbocycles. The van der Waals surface area contributed by atoms with Crippen LogP contribution in [0.1, 0.15) is 0 Å². The molecule has 0 atom stereocenters. The van der Waals surface area contributed by atoms with Crippen LogP contribution in [0, 0.1) is 0 Å². The van der Waals surface area contributed by atoms with Gasteiger partial charge in [-0.3, -0.25) is 0 Å². The minimum absolute atomic E-state index is 0.616. The highest BCUT2D eigenvalue weighted by Crippen LogP contribution is 2.43. The fourth-order valence-electron chi connectivity index (χ4n) is 8.35. The van der Waals surface area contributed by atoms with E-state index in [1.807, 2.05) is 84.1 Å². The van der Waals surface area contributed by atoms with Gasteiger partial charge in [0.25, 0.3) is 0 Å². The van der Waals surface area contributed by atoms with Crippen molar-refractivity contribution in [1.29, 1.82) is 0 Å². The Morgan fingerprint density at radius 3 is 1.53 bits per heavy atom. The van der Waals surface area contributed by atoms with E-state index >= 15 is 0 Å². The first-order valence-electron chi connectivity index (χ1n) is 19.0. The van der Waals surface area contributed by atoms with Gasteiger partial charge in [0, 0.05) is 53.7 Å². The van der Waals surface area contributed by atoms with E-state index in [1.54, 1.807) is 0 Å². The number of hydrogen-bond donors (Lipinski definition) is 0. The van der Waals surface area contributed by atoms with Gasteiger partial charge >= 0.3 is 0 Å².